The molecule has 0 aromatic carbocycles. The first-order valence-electron chi connectivity index (χ1n) is 24.6. The Morgan fingerprint density at radius 3 is 0.815 bits per heavy atom. The summed E-state index contributed by atoms with van der Waals surface area (Å²) in [7, 11) is 0. The van der Waals surface area contributed by atoms with Crippen LogP contribution in [0.3, 0.4) is 0 Å². The number of carbonyl (C=O) groups excluding carboxylic acids is 2. The summed E-state index contributed by atoms with van der Waals surface area (Å²) in [5.41, 5.74) is 0. The molecule has 0 rings (SSSR count). The monoisotopic (exact) mass is 765 g/mol. The van der Waals surface area contributed by atoms with Gasteiger partial charge in [0.15, 0.2) is 6.10 Å². The first kappa shape index (κ1) is 52.9. The van der Waals surface area contributed by atoms with Crippen molar-refractivity contribution in [2.24, 2.45) is 0 Å². The van der Waals surface area contributed by atoms with E-state index in [1.54, 1.807) is 0 Å². The lowest BCUT2D eigenvalue weighted by molar-refractivity contribution is -0.161. The molecule has 0 aliphatic heterocycles. The van der Waals surface area contributed by atoms with Gasteiger partial charge in [-0.25, -0.2) is 0 Å². The van der Waals surface area contributed by atoms with E-state index in [9.17, 15) is 14.7 Å². The summed E-state index contributed by atoms with van der Waals surface area (Å²) in [6, 6.07) is 0. The molecule has 1 atom stereocenters. The van der Waals surface area contributed by atoms with Crippen LogP contribution in [0.5, 0.6) is 0 Å². The zero-order chi connectivity index (χ0) is 39.3. The zero-order valence-electron chi connectivity index (χ0n) is 36.8. The van der Waals surface area contributed by atoms with Gasteiger partial charge in [0.05, 0.1) is 6.61 Å². The molecular formula is C49H96O5. The summed E-state index contributed by atoms with van der Waals surface area (Å²) in [6.07, 6.45) is 53.3. The van der Waals surface area contributed by atoms with Crippen molar-refractivity contribution >= 4 is 11.9 Å². The number of ether oxygens (including phenoxy) is 2. The van der Waals surface area contributed by atoms with Gasteiger partial charge >= 0.3 is 11.9 Å². The number of hydrogen-bond acceptors (Lipinski definition) is 5. The molecule has 5 nitrogen and oxygen atoms in total. The SMILES string of the molecule is CCCCCCCCCCCCCCCCCCCCCCCC(=O)O[C@@H](CO)COC(=O)CCCCCCCCCCCCCCCCCCCCC. The molecule has 0 saturated carbocycles. The molecule has 0 aromatic heterocycles. The molecule has 1 N–H and O–H groups in total. The Kier molecular flexibility index (Phi) is 45.3. The maximum absolute atomic E-state index is 12.2. The summed E-state index contributed by atoms with van der Waals surface area (Å²) in [4.78, 5) is 24.4. The molecule has 0 bridgehead atoms. The Morgan fingerprint density at radius 1 is 0.352 bits per heavy atom. The van der Waals surface area contributed by atoms with E-state index in [1.807, 2.05) is 0 Å². The summed E-state index contributed by atoms with van der Waals surface area (Å²) in [5.74, 6) is -0.567. The van der Waals surface area contributed by atoms with Crippen molar-refractivity contribution in [3.63, 3.8) is 0 Å². The number of aliphatic hydroxyl groups is 1. The third kappa shape index (κ3) is 43.6. The van der Waals surface area contributed by atoms with Crippen LogP contribution < -0.4 is 0 Å². The van der Waals surface area contributed by atoms with Gasteiger partial charge in [0.25, 0.3) is 0 Å². The zero-order valence-corrected chi connectivity index (χ0v) is 36.8. The van der Waals surface area contributed by atoms with Crippen LogP contribution in [0.25, 0.3) is 0 Å². The molecule has 0 saturated heterocycles. The molecule has 0 spiro atoms. The van der Waals surface area contributed by atoms with E-state index in [2.05, 4.69) is 13.8 Å². The molecule has 0 radical (unpaired) electrons. The number of esters is 2. The van der Waals surface area contributed by atoms with Gasteiger partial charge in [-0.1, -0.05) is 258 Å². The second-order valence-electron chi connectivity index (χ2n) is 16.9. The standard InChI is InChI=1S/C49H96O5/c1-3-5-7-9-11-13-15-17-19-21-23-24-26-28-30-32-34-36-38-40-42-44-49(52)54-47(45-50)46-53-48(51)43-41-39-37-35-33-31-29-27-25-22-20-18-16-14-12-10-8-6-4-2/h47,50H,3-46H2,1-2H3/t47-/m0/s1. The predicted molar refractivity (Wildman–Crippen MR) is 233 cm³/mol. The lowest BCUT2D eigenvalue weighted by Gasteiger charge is -2.15. The van der Waals surface area contributed by atoms with Crippen LogP contribution in [-0.4, -0.2) is 36.4 Å². The second kappa shape index (κ2) is 46.3. The Hall–Kier alpha value is -1.10. The molecule has 0 heterocycles. The van der Waals surface area contributed by atoms with E-state index in [4.69, 9.17) is 9.47 Å². The summed E-state index contributed by atoms with van der Waals surface area (Å²) in [5, 5.41) is 9.61. The Morgan fingerprint density at radius 2 is 0.574 bits per heavy atom. The molecule has 0 aromatic rings. The molecule has 5 heteroatoms. The van der Waals surface area contributed by atoms with Gasteiger partial charge in [-0.2, -0.15) is 0 Å². The lowest BCUT2D eigenvalue weighted by atomic mass is 10.0. The number of rotatable bonds is 46. The van der Waals surface area contributed by atoms with Crippen LogP contribution in [0.2, 0.25) is 0 Å². The van der Waals surface area contributed by atoms with E-state index >= 15 is 0 Å². The molecule has 0 fully saturated rings. The average molecular weight is 765 g/mol. The molecule has 0 unspecified atom stereocenters. The lowest BCUT2D eigenvalue weighted by Crippen LogP contribution is -2.28. The van der Waals surface area contributed by atoms with Crippen molar-refractivity contribution in [1.29, 1.82) is 0 Å². The first-order chi connectivity index (χ1) is 26.6. The third-order valence-corrected chi connectivity index (χ3v) is 11.4. The van der Waals surface area contributed by atoms with Crippen molar-refractivity contribution in [2.45, 2.75) is 290 Å². The summed E-state index contributed by atoms with van der Waals surface area (Å²) in [6.45, 7) is 4.20. The molecule has 322 valence electrons. The van der Waals surface area contributed by atoms with Crippen LogP contribution in [0.15, 0.2) is 0 Å². The van der Waals surface area contributed by atoms with Gasteiger partial charge in [-0.15, -0.1) is 0 Å². The second-order valence-corrected chi connectivity index (χ2v) is 16.9. The van der Waals surface area contributed by atoms with Crippen molar-refractivity contribution < 1.29 is 24.2 Å². The Labute approximate surface area is 338 Å². The molecular weight excluding hydrogens is 669 g/mol. The fourth-order valence-electron chi connectivity index (χ4n) is 7.68. The average Bonchev–Trinajstić information content (AvgIpc) is 3.17. The normalized spacial score (nSPS) is 12.0. The number of hydrogen-bond donors (Lipinski definition) is 1. The maximum atomic E-state index is 12.2. The van der Waals surface area contributed by atoms with Crippen LogP contribution in [-0.2, 0) is 19.1 Å². The maximum Gasteiger partial charge on any atom is 0.306 e. The van der Waals surface area contributed by atoms with Gasteiger partial charge in [0.2, 0.25) is 0 Å². The highest BCUT2D eigenvalue weighted by atomic mass is 16.6. The Balaban J connectivity index is 3.43. The highest BCUT2D eigenvalue weighted by Crippen LogP contribution is 2.17. The van der Waals surface area contributed by atoms with E-state index in [-0.39, 0.29) is 25.2 Å². The smallest absolute Gasteiger partial charge is 0.306 e. The number of unbranched alkanes of at least 4 members (excludes halogenated alkanes) is 38. The first-order valence-corrected chi connectivity index (χ1v) is 24.6. The number of carbonyl (C=O) groups is 2. The fourth-order valence-corrected chi connectivity index (χ4v) is 7.68. The number of aliphatic hydroxyl groups excluding tert-OH is 1. The van der Waals surface area contributed by atoms with E-state index < -0.39 is 6.10 Å². The molecule has 0 aliphatic rings. The van der Waals surface area contributed by atoms with Crippen molar-refractivity contribution in [2.75, 3.05) is 13.2 Å². The van der Waals surface area contributed by atoms with E-state index in [0.29, 0.717) is 12.8 Å². The molecule has 0 aliphatic carbocycles. The van der Waals surface area contributed by atoms with Gasteiger partial charge in [0, 0.05) is 12.8 Å². The van der Waals surface area contributed by atoms with Gasteiger partial charge in [-0.05, 0) is 12.8 Å². The molecule has 54 heavy (non-hydrogen) atoms. The van der Waals surface area contributed by atoms with Crippen LogP contribution >= 0.6 is 0 Å². The molecule has 0 amide bonds. The minimum atomic E-state index is -0.763. The van der Waals surface area contributed by atoms with Crippen molar-refractivity contribution in [3.05, 3.63) is 0 Å². The van der Waals surface area contributed by atoms with Crippen LogP contribution in [0.4, 0.5) is 0 Å². The largest absolute Gasteiger partial charge is 0.462 e. The van der Waals surface area contributed by atoms with Gasteiger partial charge < -0.3 is 14.6 Å². The third-order valence-electron chi connectivity index (χ3n) is 11.4. The highest BCUT2D eigenvalue weighted by molar-refractivity contribution is 5.70. The van der Waals surface area contributed by atoms with Gasteiger partial charge in [0.1, 0.15) is 6.61 Å². The topological polar surface area (TPSA) is 72.8 Å². The van der Waals surface area contributed by atoms with Gasteiger partial charge in [-0.3, -0.25) is 9.59 Å². The van der Waals surface area contributed by atoms with E-state index in [0.717, 1.165) is 32.1 Å². The predicted octanol–water partition coefficient (Wildman–Crippen LogP) is 15.9. The van der Waals surface area contributed by atoms with Crippen molar-refractivity contribution in [1.82, 2.24) is 0 Å². The minimum Gasteiger partial charge on any atom is -0.462 e. The van der Waals surface area contributed by atoms with Crippen LogP contribution in [0.1, 0.15) is 284 Å². The minimum absolute atomic E-state index is 0.0560. The quantitative estimate of drug-likeness (QED) is 0.0494. The van der Waals surface area contributed by atoms with Crippen LogP contribution in [0, 0.1) is 0 Å². The van der Waals surface area contributed by atoms with Crippen molar-refractivity contribution in [3.8, 4) is 0 Å². The highest BCUT2D eigenvalue weighted by Gasteiger charge is 2.16. The Bertz CT molecular complexity index is 740. The summed E-state index contributed by atoms with van der Waals surface area (Å²) < 4.78 is 10.7. The van der Waals surface area contributed by atoms with E-state index in [1.165, 1.54) is 225 Å². The fraction of sp³-hybridized carbons (Fsp3) is 0.959. The summed E-state index contributed by atoms with van der Waals surface area (Å²) >= 11 is 0.